The van der Waals surface area contributed by atoms with E-state index in [4.69, 9.17) is 5.73 Å². The summed E-state index contributed by atoms with van der Waals surface area (Å²) in [5.74, 6) is -0.632. The number of nitrogens with one attached hydrogen (secondary N) is 1. The lowest BCUT2D eigenvalue weighted by atomic mass is 10.1. The minimum Gasteiger partial charge on any atom is -0.368 e. The third-order valence-corrected chi connectivity index (χ3v) is 5.96. The molecule has 5 nitrogen and oxygen atoms in total. The van der Waals surface area contributed by atoms with Crippen molar-refractivity contribution in [3.63, 3.8) is 0 Å². The average Bonchev–Trinajstić information content (AvgIpc) is 3.19. The van der Waals surface area contributed by atoms with Crippen LogP contribution in [0.4, 0.5) is 0 Å². The first kappa shape index (κ1) is 14.5. The van der Waals surface area contributed by atoms with Gasteiger partial charge in [0.2, 0.25) is 15.9 Å². The summed E-state index contributed by atoms with van der Waals surface area (Å²) in [6, 6.07) is 10.4. The third kappa shape index (κ3) is 2.45. The van der Waals surface area contributed by atoms with Crippen molar-refractivity contribution in [2.75, 3.05) is 0 Å². The van der Waals surface area contributed by atoms with Crippen LogP contribution in [0.15, 0.2) is 45.8 Å². The number of carbonyl (C=O) groups is 1. The highest BCUT2D eigenvalue weighted by Crippen LogP contribution is 2.37. The number of nitrogens with two attached hydrogens (primary N) is 1. The predicted molar refractivity (Wildman–Crippen MR) is 83.1 cm³/mol. The number of benzene rings is 2. The SMILES string of the molecule is NC(=O)C1(NS(=O)(=O)c2ccc(Br)c3ccccc23)CC1. The Bertz CT molecular complexity index is 844. The lowest BCUT2D eigenvalue weighted by molar-refractivity contribution is -0.120. The Morgan fingerprint density at radius 3 is 2.33 bits per heavy atom. The molecular formula is C14H13BrN2O3S. The van der Waals surface area contributed by atoms with E-state index in [2.05, 4.69) is 20.7 Å². The fraction of sp³-hybridized carbons (Fsp3) is 0.214. The molecule has 110 valence electrons. The van der Waals surface area contributed by atoms with E-state index in [1.165, 1.54) is 6.07 Å². The summed E-state index contributed by atoms with van der Waals surface area (Å²) in [6.07, 6.45) is 0.881. The molecule has 1 fully saturated rings. The number of fused-ring (bicyclic) bond motifs is 1. The van der Waals surface area contributed by atoms with E-state index in [1.54, 1.807) is 18.2 Å². The first-order valence-electron chi connectivity index (χ1n) is 6.37. The Morgan fingerprint density at radius 1 is 1.14 bits per heavy atom. The van der Waals surface area contributed by atoms with Crippen molar-refractivity contribution in [2.24, 2.45) is 5.73 Å². The zero-order chi connectivity index (χ0) is 15.3. The number of amides is 1. The smallest absolute Gasteiger partial charge is 0.242 e. The molecule has 1 aliphatic carbocycles. The molecule has 2 aromatic rings. The Hall–Kier alpha value is -1.44. The molecule has 1 amide bonds. The van der Waals surface area contributed by atoms with Crippen LogP contribution in [-0.2, 0) is 14.8 Å². The number of rotatable bonds is 4. The van der Waals surface area contributed by atoms with Crippen LogP contribution in [-0.4, -0.2) is 19.9 Å². The lowest BCUT2D eigenvalue weighted by Gasteiger charge is -2.15. The molecule has 7 heteroatoms. The van der Waals surface area contributed by atoms with Gasteiger partial charge in [0.25, 0.3) is 0 Å². The summed E-state index contributed by atoms with van der Waals surface area (Å²) in [5.41, 5.74) is 4.16. The summed E-state index contributed by atoms with van der Waals surface area (Å²) in [6.45, 7) is 0. The van der Waals surface area contributed by atoms with Crippen LogP contribution >= 0.6 is 15.9 Å². The van der Waals surface area contributed by atoms with E-state index in [9.17, 15) is 13.2 Å². The average molecular weight is 369 g/mol. The first-order chi connectivity index (χ1) is 9.86. The van der Waals surface area contributed by atoms with Crippen LogP contribution in [0.3, 0.4) is 0 Å². The summed E-state index contributed by atoms with van der Waals surface area (Å²) >= 11 is 3.41. The van der Waals surface area contributed by atoms with Gasteiger partial charge in [-0.3, -0.25) is 4.79 Å². The fourth-order valence-electron chi connectivity index (χ4n) is 2.30. The van der Waals surface area contributed by atoms with Gasteiger partial charge >= 0.3 is 0 Å². The molecule has 0 saturated heterocycles. The van der Waals surface area contributed by atoms with Crippen molar-refractivity contribution in [3.05, 3.63) is 40.9 Å². The lowest BCUT2D eigenvalue weighted by Crippen LogP contribution is -2.46. The third-order valence-electron chi connectivity index (χ3n) is 3.67. The van der Waals surface area contributed by atoms with Gasteiger partial charge in [-0.1, -0.05) is 40.2 Å². The summed E-state index contributed by atoms with van der Waals surface area (Å²) in [4.78, 5) is 11.5. The topological polar surface area (TPSA) is 89.3 Å². The second-order valence-electron chi connectivity index (χ2n) is 5.14. The molecule has 2 aromatic carbocycles. The number of halogens is 1. The zero-order valence-corrected chi connectivity index (χ0v) is 13.4. The van der Waals surface area contributed by atoms with Crippen molar-refractivity contribution in [2.45, 2.75) is 23.3 Å². The summed E-state index contributed by atoms with van der Waals surface area (Å²) < 4.78 is 28.4. The standard InChI is InChI=1S/C14H13BrN2O3S/c15-11-5-6-12(10-4-2-1-3-9(10)11)21(19,20)17-14(7-8-14)13(16)18/h1-6,17H,7-8H2,(H2,16,18). The zero-order valence-electron chi connectivity index (χ0n) is 11.0. The van der Waals surface area contributed by atoms with Gasteiger partial charge in [0.05, 0.1) is 4.90 Å². The van der Waals surface area contributed by atoms with Gasteiger partial charge in [-0.2, -0.15) is 4.72 Å². The van der Waals surface area contributed by atoms with Gasteiger partial charge < -0.3 is 5.73 Å². The molecule has 0 heterocycles. The first-order valence-corrected chi connectivity index (χ1v) is 8.64. The van der Waals surface area contributed by atoms with Crippen LogP contribution in [0.25, 0.3) is 10.8 Å². The Labute approximate surface area is 130 Å². The van der Waals surface area contributed by atoms with Gasteiger partial charge in [0, 0.05) is 9.86 Å². The number of hydrogen-bond donors (Lipinski definition) is 2. The van der Waals surface area contributed by atoms with Crippen molar-refractivity contribution in [3.8, 4) is 0 Å². The maximum Gasteiger partial charge on any atom is 0.242 e. The Morgan fingerprint density at radius 2 is 1.76 bits per heavy atom. The summed E-state index contributed by atoms with van der Waals surface area (Å²) in [7, 11) is -3.82. The normalized spacial score (nSPS) is 16.8. The highest BCUT2D eigenvalue weighted by Gasteiger charge is 2.51. The second-order valence-corrected chi connectivity index (χ2v) is 7.65. The predicted octanol–water partition coefficient (Wildman–Crippen LogP) is 1.90. The minimum atomic E-state index is -3.82. The highest BCUT2D eigenvalue weighted by atomic mass is 79.9. The molecule has 0 radical (unpaired) electrons. The molecule has 0 atom stereocenters. The molecule has 3 N–H and O–H groups in total. The molecule has 1 saturated carbocycles. The number of hydrogen-bond acceptors (Lipinski definition) is 3. The van der Waals surface area contributed by atoms with Gasteiger partial charge in [-0.05, 0) is 30.4 Å². The van der Waals surface area contributed by atoms with Crippen LogP contribution in [0.5, 0.6) is 0 Å². The maximum atomic E-state index is 12.6. The van der Waals surface area contributed by atoms with Gasteiger partial charge in [0.1, 0.15) is 5.54 Å². The quantitative estimate of drug-likeness (QED) is 0.863. The Balaban J connectivity index is 2.12. The molecule has 0 bridgehead atoms. The van der Waals surface area contributed by atoms with Crippen molar-refractivity contribution < 1.29 is 13.2 Å². The molecular weight excluding hydrogens is 356 g/mol. The van der Waals surface area contributed by atoms with E-state index in [-0.39, 0.29) is 4.90 Å². The van der Waals surface area contributed by atoms with Crippen LogP contribution in [0, 0.1) is 0 Å². The van der Waals surface area contributed by atoms with Gasteiger partial charge in [0.15, 0.2) is 0 Å². The Kier molecular flexibility index (Phi) is 3.31. The van der Waals surface area contributed by atoms with Crippen molar-refractivity contribution >= 4 is 42.6 Å². The molecule has 0 spiro atoms. The number of primary amides is 1. The van der Waals surface area contributed by atoms with Crippen molar-refractivity contribution in [1.82, 2.24) is 4.72 Å². The number of sulfonamides is 1. The minimum absolute atomic E-state index is 0.147. The summed E-state index contributed by atoms with van der Waals surface area (Å²) in [5, 5.41) is 1.39. The number of carbonyl (C=O) groups excluding carboxylic acids is 1. The highest BCUT2D eigenvalue weighted by molar-refractivity contribution is 9.10. The molecule has 1 aliphatic rings. The van der Waals surface area contributed by atoms with Crippen molar-refractivity contribution in [1.29, 1.82) is 0 Å². The van der Waals surface area contributed by atoms with E-state index >= 15 is 0 Å². The maximum absolute atomic E-state index is 12.6. The van der Waals surface area contributed by atoms with Gasteiger partial charge in [-0.15, -0.1) is 0 Å². The van der Waals surface area contributed by atoms with E-state index < -0.39 is 21.5 Å². The molecule has 0 unspecified atom stereocenters. The van der Waals surface area contributed by atoms with Crippen LogP contribution < -0.4 is 10.5 Å². The van der Waals surface area contributed by atoms with E-state index in [1.807, 2.05) is 12.1 Å². The largest absolute Gasteiger partial charge is 0.368 e. The van der Waals surface area contributed by atoms with E-state index in [0.29, 0.717) is 18.2 Å². The molecule has 0 aromatic heterocycles. The van der Waals surface area contributed by atoms with E-state index in [0.717, 1.165) is 9.86 Å². The monoisotopic (exact) mass is 368 g/mol. The molecule has 0 aliphatic heterocycles. The van der Waals surface area contributed by atoms with Crippen LogP contribution in [0.2, 0.25) is 0 Å². The van der Waals surface area contributed by atoms with Gasteiger partial charge in [-0.25, -0.2) is 8.42 Å². The second kappa shape index (κ2) is 4.79. The molecule has 3 rings (SSSR count). The fourth-order valence-corrected chi connectivity index (χ4v) is 4.43. The molecule has 21 heavy (non-hydrogen) atoms. The van der Waals surface area contributed by atoms with Crippen LogP contribution in [0.1, 0.15) is 12.8 Å².